The fourth-order valence-electron chi connectivity index (χ4n) is 1.42. The molecule has 0 fully saturated rings. The topological polar surface area (TPSA) is 43.8 Å². The van der Waals surface area contributed by atoms with Crippen molar-refractivity contribution in [1.82, 2.24) is 9.78 Å². The molecule has 4 heteroatoms. The van der Waals surface area contributed by atoms with E-state index in [1.54, 1.807) is 0 Å². The third-order valence-corrected chi connectivity index (χ3v) is 2.91. The van der Waals surface area contributed by atoms with Crippen molar-refractivity contribution in [3.8, 4) is 0 Å². The molecule has 0 bridgehead atoms. The molecule has 0 unspecified atom stereocenters. The minimum absolute atomic E-state index is 0.759. The number of benzene rings is 1. The Kier molecular flexibility index (Phi) is 2.77. The largest absolute Gasteiger partial charge is 0.399 e. The van der Waals surface area contributed by atoms with E-state index in [0.717, 1.165) is 16.7 Å². The van der Waals surface area contributed by atoms with Crippen LogP contribution in [0.15, 0.2) is 35.1 Å². The Morgan fingerprint density at radius 1 is 1.47 bits per heavy atom. The normalized spacial score (nSPS) is 10.5. The van der Waals surface area contributed by atoms with Crippen LogP contribution >= 0.6 is 15.9 Å². The summed E-state index contributed by atoms with van der Waals surface area (Å²) in [5.41, 5.74) is 8.78. The van der Waals surface area contributed by atoms with E-state index in [-0.39, 0.29) is 0 Å². The van der Waals surface area contributed by atoms with Crippen LogP contribution in [0.3, 0.4) is 0 Å². The second-order valence-electron chi connectivity index (χ2n) is 3.57. The third-order valence-electron chi connectivity index (χ3n) is 2.17. The molecule has 0 spiro atoms. The molecular formula is C11H12BrN3. The fourth-order valence-corrected chi connectivity index (χ4v) is 1.94. The first-order valence-corrected chi connectivity index (χ1v) is 5.47. The molecule has 0 aliphatic rings. The van der Waals surface area contributed by atoms with Gasteiger partial charge in [0.2, 0.25) is 0 Å². The number of hydrogen-bond donors (Lipinski definition) is 1. The highest BCUT2D eigenvalue weighted by Crippen LogP contribution is 2.20. The maximum absolute atomic E-state index is 5.67. The zero-order valence-corrected chi connectivity index (χ0v) is 10.0. The van der Waals surface area contributed by atoms with Gasteiger partial charge < -0.3 is 5.73 Å². The van der Waals surface area contributed by atoms with E-state index in [4.69, 9.17) is 5.73 Å². The Balaban J connectivity index is 2.24. The van der Waals surface area contributed by atoms with Gasteiger partial charge in [-0.2, -0.15) is 5.10 Å². The van der Waals surface area contributed by atoms with Gasteiger partial charge in [0.1, 0.15) is 0 Å². The highest BCUT2D eigenvalue weighted by Gasteiger charge is 2.02. The molecule has 0 radical (unpaired) electrons. The molecule has 2 N–H and O–H groups in total. The van der Waals surface area contributed by atoms with Gasteiger partial charge in [0.25, 0.3) is 0 Å². The number of hydrogen-bond acceptors (Lipinski definition) is 2. The lowest BCUT2D eigenvalue weighted by molar-refractivity contribution is 0.684. The zero-order chi connectivity index (χ0) is 10.8. The van der Waals surface area contributed by atoms with Crippen molar-refractivity contribution in [3.63, 3.8) is 0 Å². The van der Waals surface area contributed by atoms with Crippen LogP contribution in [-0.4, -0.2) is 9.78 Å². The fraction of sp³-hybridized carbons (Fsp3) is 0.182. The van der Waals surface area contributed by atoms with Crippen LogP contribution in [0.4, 0.5) is 5.69 Å². The molecule has 0 atom stereocenters. The number of nitrogens with zero attached hydrogens (tertiary/aromatic N) is 2. The average Bonchev–Trinajstić information content (AvgIpc) is 2.56. The quantitative estimate of drug-likeness (QED) is 0.849. The Hall–Kier alpha value is -1.29. The number of nitrogen functional groups attached to an aromatic ring is 1. The Labute approximate surface area is 97.0 Å². The van der Waals surface area contributed by atoms with Crippen molar-refractivity contribution < 1.29 is 0 Å². The summed E-state index contributed by atoms with van der Waals surface area (Å²) >= 11 is 3.49. The molecule has 0 saturated carbocycles. The first-order chi connectivity index (χ1) is 7.15. The van der Waals surface area contributed by atoms with Gasteiger partial charge in [0, 0.05) is 16.4 Å². The molecule has 1 aromatic heterocycles. The van der Waals surface area contributed by atoms with Crippen LogP contribution in [0, 0.1) is 6.92 Å². The predicted molar refractivity (Wildman–Crippen MR) is 64.6 cm³/mol. The van der Waals surface area contributed by atoms with Crippen molar-refractivity contribution in [2.45, 2.75) is 13.5 Å². The van der Waals surface area contributed by atoms with Crippen molar-refractivity contribution >= 4 is 21.6 Å². The molecule has 0 aliphatic heterocycles. The van der Waals surface area contributed by atoms with Crippen LogP contribution in [0.1, 0.15) is 11.1 Å². The van der Waals surface area contributed by atoms with Crippen LogP contribution in [-0.2, 0) is 6.54 Å². The molecule has 0 saturated heterocycles. The summed E-state index contributed by atoms with van der Waals surface area (Å²) in [5, 5.41) is 4.24. The molecule has 1 heterocycles. The maximum Gasteiger partial charge on any atom is 0.0670 e. The van der Waals surface area contributed by atoms with Crippen molar-refractivity contribution in [3.05, 3.63) is 46.2 Å². The smallest absolute Gasteiger partial charge is 0.0670 e. The Morgan fingerprint density at radius 3 is 2.87 bits per heavy atom. The van der Waals surface area contributed by atoms with Gasteiger partial charge in [0.05, 0.1) is 12.7 Å². The minimum atomic E-state index is 0.759. The summed E-state index contributed by atoms with van der Waals surface area (Å²) in [5.74, 6) is 0. The lowest BCUT2D eigenvalue weighted by Crippen LogP contribution is -2.01. The van der Waals surface area contributed by atoms with E-state index in [2.05, 4.69) is 21.0 Å². The van der Waals surface area contributed by atoms with Crippen LogP contribution in [0.5, 0.6) is 0 Å². The summed E-state index contributed by atoms with van der Waals surface area (Å²) in [4.78, 5) is 0. The maximum atomic E-state index is 5.67. The van der Waals surface area contributed by atoms with Crippen LogP contribution < -0.4 is 5.73 Å². The Bertz CT molecular complexity index is 476. The highest BCUT2D eigenvalue weighted by atomic mass is 79.9. The number of halogens is 1. The van der Waals surface area contributed by atoms with Crippen molar-refractivity contribution in [1.29, 1.82) is 0 Å². The molecule has 2 aromatic rings. The molecule has 0 amide bonds. The summed E-state index contributed by atoms with van der Waals surface area (Å²) in [6.07, 6.45) is 3.87. The molecular weight excluding hydrogens is 254 g/mol. The van der Waals surface area contributed by atoms with Gasteiger partial charge in [-0.25, -0.2) is 0 Å². The number of aryl methyl sites for hydroxylation is 1. The molecule has 3 nitrogen and oxygen atoms in total. The number of anilines is 1. The van der Waals surface area contributed by atoms with E-state index in [1.807, 2.05) is 42.2 Å². The Morgan fingerprint density at radius 2 is 2.27 bits per heavy atom. The summed E-state index contributed by atoms with van der Waals surface area (Å²) in [6.45, 7) is 2.79. The molecule has 1 aromatic carbocycles. The lowest BCUT2D eigenvalue weighted by Gasteiger charge is -2.05. The van der Waals surface area contributed by atoms with Crippen LogP contribution in [0.25, 0.3) is 0 Å². The van der Waals surface area contributed by atoms with E-state index in [1.165, 1.54) is 11.1 Å². The lowest BCUT2D eigenvalue weighted by atomic mass is 10.2. The van der Waals surface area contributed by atoms with E-state index in [9.17, 15) is 0 Å². The first kappa shape index (κ1) is 10.2. The van der Waals surface area contributed by atoms with Gasteiger partial charge in [-0.1, -0.05) is 22.0 Å². The number of rotatable bonds is 2. The van der Waals surface area contributed by atoms with Crippen molar-refractivity contribution in [2.24, 2.45) is 0 Å². The third kappa shape index (κ3) is 2.39. The predicted octanol–water partition coefficient (Wildman–Crippen LogP) is 2.58. The number of nitrogens with two attached hydrogens (primary N) is 1. The van der Waals surface area contributed by atoms with Crippen LogP contribution in [0.2, 0.25) is 0 Å². The summed E-state index contributed by atoms with van der Waals surface area (Å²) < 4.78 is 2.93. The second-order valence-corrected chi connectivity index (χ2v) is 4.42. The van der Waals surface area contributed by atoms with Gasteiger partial charge in [0.15, 0.2) is 0 Å². The second kappa shape index (κ2) is 4.06. The molecule has 0 aliphatic carbocycles. The summed E-state index contributed by atoms with van der Waals surface area (Å²) in [6, 6.07) is 5.82. The van der Waals surface area contributed by atoms with Gasteiger partial charge in [-0.3, -0.25) is 4.68 Å². The first-order valence-electron chi connectivity index (χ1n) is 4.68. The minimum Gasteiger partial charge on any atom is -0.399 e. The zero-order valence-electron chi connectivity index (χ0n) is 8.44. The van der Waals surface area contributed by atoms with Gasteiger partial charge >= 0.3 is 0 Å². The molecule has 15 heavy (non-hydrogen) atoms. The average molecular weight is 266 g/mol. The molecule has 2 rings (SSSR count). The van der Waals surface area contributed by atoms with Crippen molar-refractivity contribution in [2.75, 3.05) is 5.73 Å². The van der Waals surface area contributed by atoms with Gasteiger partial charge in [-0.15, -0.1) is 0 Å². The summed E-state index contributed by atoms with van der Waals surface area (Å²) in [7, 11) is 0. The monoisotopic (exact) mass is 265 g/mol. The number of aromatic nitrogens is 2. The van der Waals surface area contributed by atoms with Gasteiger partial charge in [-0.05, 0) is 30.2 Å². The standard InChI is InChI=1S/C11H12BrN3/c1-8-5-14-15(6-8)7-9-2-3-10(13)4-11(9)12/h2-6H,7,13H2,1H3. The molecule has 78 valence electrons. The SMILES string of the molecule is Cc1cnn(Cc2ccc(N)cc2Br)c1. The van der Waals surface area contributed by atoms with E-state index in [0.29, 0.717) is 0 Å². The highest BCUT2D eigenvalue weighted by molar-refractivity contribution is 9.10. The van der Waals surface area contributed by atoms with E-state index >= 15 is 0 Å². The van der Waals surface area contributed by atoms with E-state index < -0.39 is 0 Å².